The van der Waals surface area contributed by atoms with Gasteiger partial charge in [-0.1, -0.05) is 6.92 Å². The van der Waals surface area contributed by atoms with Crippen molar-refractivity contribution in [1.82, 2.24) is 10.2 Å². The lowest BCUT2D eigenvalue weighted by Crippen LogP contribution is -2.49. The topological polar surface area (TPSA) is 88.6 Å². The Balaban J connectivity index is 1.86. The van der Waals surface area contributed by atoms with E-state index in [2.05, 4.69) is 5.32 Å². The number of carbonyl (C=O) groups is 2. The van der Waals surface area contributed by atoms with Gasteiger partial charge in [-0.3, -0.25) is 9.59 Å². The highest BCUT2D eigenvalue weighted by atomic mass is 16.3. The number of carbonyl (C=O) groups excluding carboxylic acids is 2. The molecule has 2 atom stereocenters. The first-order chi connectivity index (χ1) is 10.8. The quantitative estimate of drug-likeness (QED) is 0.881. The van der Waals surface area contributed by atoms with E-state index < -0.39 is 0 Å². The second-order valence-corrected chi connectivity index (χ2v) is 6.55. The minimum absolute atomic E-state index is 0.0896. The zero-order valence-electron chi connectivity index (χ0n) is 14.4. The van der Waals surface area contributed by atoms with Gasteiger partial charge in [0.15, 0.2) is 0 Å². The molecule has 0 bridgehead atoms. The molecule has 1 aliphatic heterocycles. The molecule has 6 heteroatoms. The van der Waals surface area contributed by atoms with Gasteiger partial charge in [-0.05, 0) is 39.7 Å². The van der Waals surface area contributed by atoms with Gasteiger partial charge >= 0.3 is 0 Å². The van der Waals surface area contributed by atoms with Crippen molar-refractivity contribution in [1.29, 1.82) is 0 Å². The fraction of sp³-hybridized carbons (Fsp3) is 0.647. The minimum Gasteiger partial charge on any atom is -0.466 e. The van der Waals surface area contributed by atoms with E-state index in [1.807, 2.05) is 25.7 Å². The smallest absolute Gasteiger partial charge is 0.255 e. The van der Waals surface area contributed by atoms with Crippen LogP contribution in [0.5, 0.6) is 0 Å². The molecule has 2 amide bonds. The number of furan rings is 1. The number of rotatable bonds is 4. The normalized spacial score (nSPS) is 18.6. The fourth-order valence-corrected chi connectivity index (χ4v) is 2.88. The van der Waals surface area contributed by atoms with E-state index in [0.717, 1.165) is 18.6 Å². The predicted molar refractivity (Wildman–Crippen MR) is 88.1 cm³/mol. The molecule has 23 heavy (non-hydrogen) atoms. The minimum atomic E-state index is -0.169. The lowest BCUT2D eigenvalue weighted by atomic mass is 9.99. The molecule has 0 spiro atoms. The van der Waals surface area contributed by atoms with Crippen molar-refractivity contribution in [3.05, 3.63) is 23.2 Å². The molecular weight excluding hydrogens is 294 g/mol. The van der Waals surface area contributed by atoms with Crippen LogP contribution in [-0.2, 0) is 4.79 Å². The average molecular weight is 321 g/mol. The lowest BCUT2D eigenvalue weighted by molar-refractivity contribution is -0.136. The van der Waals surface area contributed by atoms with Crippen LogP contribution in [0.15, 0.2) is 10.5 Å². The zero-order valence-corrected chi connectivity index (χ0v) is 14.4. The van der Waals surface area contributed by atoms with E-state index in [-0.39, 0.29) is 29.8 Å². The molecular formula is C17H27N3O3. The van der Waals surface area contributed by atoms with E-state index in [1.165, 1.54) is 0 Å². The first-order valence-electron chi connectivity index (χ1n) is 8.22. The van der Waals surface area contributed by atoms with Crippen molar-refractivity contribution in [2.45, 2.75) is 52.6 Å². The molecule has 128 valence electrons. The van der Waals surface area contributed by atoms with Crippen LogP contribution in [0.2, 0.25) is 0 Å². The summed E-state index contributed by atoms with van der Waals surface area (Å²) in [6.07, 6.45) is 1.53. The Morgan fingerprint density at radius 1 is 1.30 bits per heavy atom. The van der Waals surface area contributed by atoms with Crippen molar-refractivity contribution in [2.24, 2.45) is 11.7 Å². The first-order valence-corrected chi connectivity index (χ1v) is 8.22. The maximum absolute atomic E-state index is 12.3. The van der Waals surface area contributed by atoms with Crippen LogP contribution in [0.25, 0.3) is 0 Å². The number of likely N-dealkylation sites (tertiary alicyclic amines) is 1. The van der Waals surface area contributed by atoms with Crippen LogP contribution >= 0.6 is 0 Å². The number of hydrogen-bond acceptors (Lipinski definition) is 4. The van der Waals surface area contributed by atoms with Gasteiger partial charge in [0, 0.05) is 25.2 Å². The van der Waals surface area contributed by atoms with Crippen molar-refractivity contribution in [2.75, 3.05) is 13.1 Å². The summed E-state index contributed by atoms with van der Waals surface area (Å²) in [5, 5.41) is 3.04. The third kappa shape index (κ3) is 4.13. The molecule has 1 aliphatic rings. The average Bonchev–Trinajstić information content (AvgIpc) is 2.85. The third-order valence-electron chi connectivity index (χ3n) is 4.61. The summed E-state index contributed by atoms with van der Waals surface area (Å²) in [5.74, 6) is 1.20. The van der Waals surface area contributed by atoms with E-state index in [0.29, 0.717) is 24.4 Å². The number of nitrogens with two attached hydrogens (primary N) is 1. The third-order valence-corrected chi connectivity index (χ3v) is 4.61. The molecule has 0 aliphatic carbocycles. The van der Waals surface area contributed by atoms with Crippen LogP contribution in [0.3, 0.4) is 0 Å². The molecule has 1 fully saturated rings. The summed E-state index contributed by atoms with van der Waals surface area (Å²) in [4.78, 5) is 26.4. The number of piperidine rings is 1. The van der Waals surface area contributed by atoms with Crippen LogP contribution in [-0.4, -0.2) is 41.9 Å². The Bertz CT molecular complexity index is 572. The highest BCUT2D eigenvalue weighted by molar-refractivity contribution is 5.95. The highest BCUT2D eigenvalue weighted by Crippen LogP contribution is 2.17. The molecule has 1 aromatic heterocycles. The molecule has 0 aromatic carbocycles. The van der Waals surface area contributed by atoms with Crippen molar-refractivity contribution in [3.8, 4) is 0 Å². The number of nitrogens with one attached hydrogen (secondary N) is 1. The van der Waals surface area contributed by atoms with Gasteiger partial charge in [-0.2, -0.15) is 0 Å². The lowest BCUT2D eigenvalue weighted by Gasteiger charge is -2.34. The number of amides is 2. The number of hydrogen-bond donors (Lipinski definition) is 2. The predicted octanol–water partition coefficient (Wildman–Crippen LogP) is 1.60. The van der Waals surface area contributed by atoms with E-state index in [4.69, 9.17) is 10.2 Å². The summed E-state index contributed by atoms with van der Waals surface area (Å²) < 4.78 is 5.40. The van der Waals surface area contributed by atoms with Crippen molar-refractivity contribution >= 4 is 11.8 Å². The van der Waals surface area contributed by atoms with Crippen LogP contribution in [0.4, 0.5) is 0 Å². The fourth-order valence-electron chi connectivity index (χ4n) is 2.88. The summed E-state index contributed by atoms with van der Waals surface area (Å²) in [5.41, 5.74) is 6.39. The van der Waals surface area contributed by atoms with Gasteiger partial charge in [0.05, 0.1) is 11.5 Å². The Morgan fingerprint density at radius 3 is 2.39 bits per heavy atom. The van der Waals surface area contributed by atoms with Gasteiger partial charge in [-0.25, -0.2) is 0 Å². The maximum Gasteiger partial charge on any atom is 0.255 e. The molecule has 2 rings (SSSR count). The van der Waals surface area contributed by atoms with Gasteiger partial charge in [0.25, 0.3) is 5.91 Å². The molecule has 2 heterocycles. The SMILES string of the molecule is Cc1cc(C(=O)NC2CCN(C(=O)C(C)C(C)N)CC2)c(C)o1. The number of nitrogens with zero attached hydrogens (tertiary/aromatic N) is 1. The molecule has 6 nitrogen and oxygen atoms in total. The standard InChI is InChI=1S/C17H27N3O3/c1-10-9-15(13(4)23-10)16(21)19-14-5-7-20(8-6-14)17(22)11(2)12(3)18/h9,11-12,14H,5-8,18H2,1-4H3,(H,19,21). The second kappa shape index (κ2) is 7.17. The Morgan fingerprint density at radius 2 is 1.91 bits per heavy atom. The second-order valence-electron chi connectivity index (χ2n) is 6.55. The molecule has 1 saturated heterocycles. The monoisotopic (exact) mass is 321 g/mol. The molecule has 2 unspecified atom stereocenters. The van der Waals surface area contributed by atoms with Crippen LogP contribution in [0, 0.1) is 19.8 Å². The molecule has 1 aromatic rings. The van der Waals surface area contributed by atoms with Gasteiger partial charge in [0.1, 0.15) is 11.5 Å². The van der Waals surface area contributed by atoms with Crippen molar-refractivity contribution in [3.63, 3.8) is 0 Å². The molecule has 3 N–H and O–H groups in total. The number of aryl methyl sites for hydroxylation is 2. The first kappa shape index (κ1) is 17.5. The Hall–Kier alpha value is -1.82. The summed E-state index contributed by atoms with van der Waals surface area (Å²) in [7, 11) is 0. The summed E-state index contributed by atoms with van der Waals surface area (Å²) >= 11 is 0. The van der Waals surface area contributed by atoms with E-state index in [1.54, 1.807) is 13.0 Å². The maximum atomic E-state index is 12.3. The van der Waals surface area contributed by atoms with Crippen LogP contribution < -0.4 is 11.1 Å². The van der Waals surface area contributed by atoms with E-state index in [9.17, 15) is 9.59 Å². The van der Waals surface area contributed by atoms with Gasteiger partial charge < -0.3 is 20.4 Å². The van der Waals surface area contributed by atoms with Crippen LogP contribution in [0.1, 0.15) is 48.6 Å². The molecule has 0 saturated carbocycles. The Labute approximate surface area is 137 Å². The Kier molecular flexibility index (Phi) is 5.46. The highest BCUT2D eigenvalue weighted by Gasteiger charge is 2.28. The van der Waals surface area contributed by atoms with E-state index >= 15 is 0 Å². The summed E-state index contributed by atoms with van der Waals surface area (Å²) in [6, 6.07) is 1.70. The van der Waals surface area contributed by atoms with Crippen molar-refractivity contribution < 1.29 is 14.0 Å². The van der Waals surface area contributed by atoms with Gasteiger partial charge in [0.2, 0.25) is 5.91 Å². The summed E-state index contributed by atoms with van der Waals surface area (Å²) in [6.45, 7) is 8.65. The largest absolute Gasteiger partial charge is 0.466 e. The van der Waals surface area contributed by atoms with Gasteiger partial charge in [-0.15, -0.1) is 0 Å². The molecule has 0 radical (unpaired) electrons. The zero-order chi connectivity index (χ0) is 17.1.